The number of halogens is 1. The summed E-state index contributed by atoms with van der Waals surface area (Å²) in [5, 5.41) is 19.5. The summed E-state index contributed by atoms with van der Waals surface area (Å²) in [6.07, 6.45) is 4.10. The molecule has 260 valence electrons. The van der Waals surface area contributed by atoms with Crippen molar-refractivity contribution in [3.05, 3.63) is 101 Å². The molecule has 49 heavy (non-hydrogen) atoms. The first-order valence-corrected chi connectivity index (χ1v) is 16.2. The number of benzene rings is 2. The van der Waals surface area contributed by atoms with Gasteiger partial charge in [-0.1, -0.05) is 64.5 Å². The van der Waals surface area contributed by atoms with Crippen LogP contribution in [-0.4, -0.2) is 44.1 Å². The van der Waals surface area contributed by atoms with Crippen LogP contribution in [0.2, 0.25) is 0 Å². The molecular formula is C38H43BrN2O8. The lowest BCUT2D eigenvalue weighted by Gasteiger charge is -2.13. The topological polar surface area (TPSA) is 153 Å². The number of nitrogens with zero attached hydrogens (tertiary/aromatic N) is 2. The number of pyridine rings is 2. The van der Waals surface area contributed by atoms with Crippen molar-refractivity contribution in [2.45, 2.75) is 67.6 Å². The first kappa shape index (κ1) is 40.3. The van der Waals surface area contributed by atoms with E-state index in [0.717, 1.165) is 37.5 Å². The molecule has 0 bridgehead atoms. The number of carboxylic acids is 2. The number of esters is 2. The molecule has 0 aliphatic carbocycles. The third-order valence-electron chi connectivity index (χ3n) is 7.24. The molecule has 2 aromatic carbocycles. The predicted octanol–water partition coefficient (Wildman–Crippen LogP) is 8.89. The molecule has 0 fully saturated rings. The molecule has 2 aromatic heterocycles. The van der Waals surface area contributed by atoms with Crippen LogP contribution in [0.4, 0.5) is 0 Å². The molecule has 2 heterocycles. The van der Waals surface area contributed by atoms with Gasteiger partial charge in [-0.3, -0.25) is 19.2 Å². The molecule has 0 saturated carbocycles. The van der Waals surface area contributed by atoms with Crippen LogP contribution in [0.3, 0.4) is 0 Å². The number of carbonyl (C=O) groups is 4. The number of carboxylic acid groups (broad SMARTS) is 2. The summed E-state index contributed by atoms with van der Waals surface area (Å²) in [6.45, 7) is 16.2. The molecule has 11 heteroatoms. The molecule has 4 rings (SSSR count). The van der Waals surface area contributed by atoms with Crippen LogP contribution in [0, 0.1) is 10.8 Å². The minimum atomic E-state index is -0.936. The zero-order valence-electron chi connectivity index (χ0n) is 29.0. The first-order chi connectivity index (χ1) is 22.7. The van der Waals surface area contributed by atoms with Crippen molar-refractivity contribution in [2.75, 3.05) is 0 Å². The van der Waals surface area contributed by atoms with E-state index >= 15 is 0 Å². The Morgan fingerprint density at radius 1 is 0.735 bits per heavy atom. The van der Waals surface area contributed by atoms with Crippen LogP contribution in [-0.2, 0) is 28.7 Å². The fourth-order valence-corrected chi connectivity index (χ4v) is 4.24. The van der Waals surface area contributed by atoms with Crippen LogP contribution < -0.4 is 0 Å². The molecule has 0 aliphatic heterocycles. The van der Waals surface area contributed by atoms with E-state index in [1.165, 1.54) is 19.9 Å². The Morgan fingerprint density at radius 2 is 1.16 bits per heavy atom. The summed E-state index contributed by atoms with van der Waals surface area (Å²) in [7, 11) is 0. The van der Waals surface area contributed by atoms with Crippen LogP contribution in [0.5, 0.6) is 0 Å². The highest BCUT2D eigenvalue weighted by Gasteiger charge is 2.23. The number of hydrogen-bond donors (Lipinski definition) is 2. The third-order valence-corrected chi connectivity index (χ3v) is 7.73. The van der Waals surface area contributed by atoms with Gasteiger partial charge in [-0.25, -0.2) is 9.97 Å². The zero-order chi connectivity index (χ0) is 37.1. The maximum atomic E-state index is 11.2. The quantitative estimate of drug-likeness (QED) is 0.126. The summed E-state index contributed by atoms with van der Waals surface area (Å²) >= 11 is 3.41. The van der Waals surface area contributed by atoms with Crippen LogP contribution in [0.25, 0.3) is 27.9 Å². The van der Waals surface area contributed by atoms with Gasteiger partial charge in [-0.2, -0.15) is 0 Å². The van der Waals surface area contributed by atoms with Crippen molar-refractivity contribution < 1.29 is 38.9 Å². The summed E-state index contributed by atoms with van der Waals surface area (Å²) in [6, 6.07) is 19.2. The number of rotatable bonds is 9. The smallest absolute Gasteiger partial charge is 0.312 e. The van der Waals surface area contributed by atoms with Crippen LogP contribution >= 0.6 is 15.9 Å². The summed E-state index contributed by atoms with van der Waals surface area (Å²) in [4.78, 5) is 52.3. The van der Waals surface area contributed by atoms with E-state index in [1.54, 1.807) is 46.8 Å². The lowest BCUT2D eigenvalue weighted by atomic mass is 9.92. The molecule has 4 aromatic rings. The average molecular weight is 736 g/mol. The monoisotopic (exact) mass is 734 g/mol. The van der Waals surface area contributed by atoms with Gasteiger partial charge >= 0.3 is 23.9 Å². The van der Waals surface area contributed by atoms with Gasteiger partial charge in [0.05, 0.1) is 33.3 Å². The fourth-order valence-electron chi connectivity index (χ4n) is 3.89. The molecule has 0 amide bonds. The van der Waals surface area contributed by atoms with Crippen LogP contribution in [0.15, 0.2) is 83.9 Å². The number of hydrogen-bond acceptors (Lipinski definition) is 8. The van der Waals surface area contributed by atoms with Crippen molar-refractivity contribution in [2.24, 2.45) is 10.8 Å². The molecule has 0 spiro atoms. The van der Waals surface area contributed by atoms with Crippen molar-refractivity contribution in [1.29, 1.82) is 0 Å². The second-order valence-electron chi connectivity index (χ2n) is 12.4. The molecule has 0 saturated heterocycles. The Balaban J connectivity index is 0.000000289. The molecule has 2 atom stereocenters. The molecule has 0 unspecified atom stereocenters. The van der Waals surface area contributed by atoms with Gasteiger partial charge in [0.1, 0.15) is 12.2 Å². The van der Waals surface area contributed by atoms with Gasteiger partial charge in [-0.05, 0) is 77.4 Å². The van der Waals surface area contributed by atoms with E-state index in [-0.39, 0.29) is 18.0 Å². The number of aromatic nitrogens is 2. The Hall–Kier alpha value is -4.90. The molecule has 10 nitrogen and oxygen atoms in total. The van der Waals surface area contributed by atoms with E-state index < -0.39 is 28.9 Å². The second-order valence-corrected chi connectivity index (χ2v) is 13.3. The summed E-state index contributed by atoms with van der Waals surface area (Å²) < 4.78 is 11.2. The normalized spacial score (nSPS) is 12.5. The van der Waals surface area contributed by atoms with E-state index in [4.69, 9.17) is 19.7 Å². The molecule has 0 aliphatic rings. The maximum absolute atomic E-state index is 11.2. The van der Waals surface area contributed by atoms with Gasteiger partial charge < -0.3 is 19.7 Å². The lowest BCUT2D eigenvalue weighted by Crippen LogP contribution is -2.20. The Morgan fingerprint density at radius 3 is 1.57 bits per heavy atom. The van der Waals surface area contributed by atoms with E-state index in [9.17, 15) is 19.2 Å². The first-order valence-electron chi connectivity index (χ1n) is 15.4. The van der Waals surface area contributed by atoms with Gasteiger partial charge in [0.2, 0.25) is 0 Å². The predicted molar refractivity (Wildman–Crippen MR) is 194 cm³/mol. The van der Waals surface area contributed by atoms with Gasteiger partial charge in [0.15, 0.2) is 0 Å². The van der Waals surface area contributed by atoms with E-state index in [2.05, 4.69) is 32.5 Å². The number of carbonyl (C=O) groups excluding carboxylic acids is 2. The largest absolute Gasteiger partial charge is 0.481 e. The Kier molecular flexibility index (Phi) is 14.4. The van der Waals surface area contributed by atoms with E-state index in [0.29, 0.717) is 5.69 Å². The highest BCUT2D eigenvalue weighted by atomic mass is 79.9. The average Bonchev–Trinajstić information content (AvgIpc) is 3.02. The standard InChI is InChI=1S/C19H21NO4.C13H12BrNO2.C6H10O2/c1-12(24-13(2)21)16-8-7-15-6-5-14(11-17(15)20-16)9-10-19(3,4)18(22)23;1-8(17-9(2)16)12-6-4-10-3-5-11(14)7-13(10)15-12;1-4-6(2,3)5(7)8/h5-12H,1-4H3,(H,22,23);3-8H,1-2H3;4H,1H2,2-3H3,(H,7,8)/b10-9+;;/t12-;8-;/m11./s1. The number of ether oxygens (including phenoxy) is 2. The Labute approximate surface area is 295 Å². The summed E-state index contributed by atoms with van der Waals surface area (Å²) in [5.74, 6) is -2.37. The zero-order valence-corrected chi connectivity index (χ0v) is 30.6. The van der Waals surface area contributed by atoms with Crippen LogP contribution in [0.1, 0.15) is 84.5 Å². The van der Waals surface area contributed by atoms with Crippen molar-refractivity contribution in [3.63, 3.8) is 0 Å². The fraction of sp³-hybridized carbons (Fsp3) is 0.316. The van der Waals surface area contributed by atoms with Gasteiger partial charge in [-0.15, -0.1) is 6.58 Å². The Bertz CT molecular complexity index is 1870. The maximum Gasteiger partial charge on any atom is 0.312 e. The number of aliphatic carboxylic acids is 2. The molecular weight excluding hydrogens is 692 g/mol. The number of fused-ring (bicyclic) bond motifs is 2. The van der Waals surface area contributed by atoms with Crippen molar-refractivity contribution in [1.82, 2.24) is 9.97 Å². The molecule has 2 N–H and O–H groups in total. The highest BCUT2D eigenvalue weighted by molar-refractivity contribution is 9.10. The minimum absolute atomic E-state index is 0.298. The summed E-state index contributed by atoms with van der Waals surface area (Å²) in [5.41, 5.74) is 2.23. The third kappa shape index (κ3) is 12.6. The van der Waals surface area contributed by atoms with Gasteiger partial charge in [0, 0.05) is 29.1 Å². The SMILES string of the molecule is C=CC(C)(C)C(=O)O.CC(=O)O[C@H](C)c1ccc2ccc(/C=C/C(C)(C)C(=O)O)cc2n1.CC(=O)O[C@H](C)c1ccc2ccc(Br)cc2n1. The molecule has 0 radical (unpaired) electrons. The van der Waals surface area contributed by atoms with Gasteiger partial charge in [0.25, 0.3) is 0 Å². The minimum Gasteiger partial charge on any atom is -0.481 e. The lowest BCUT2D eigenvalue weighted by molar-refractivity contribution is -0.147. The highest BCUT2D eigenvalue weighted by Crippen LogP contribution is 2.24. The second kappa shape index (κ2) is 17.5. The van der Waals surface area contributed by atoms with Crippen molar-refractivity contribution >= 4 is 67.7 Å². The van der Waals surface area contributed by atoms with E-state index in [1.807, 2.05) is 67.6 Å². The van der Waals surface area contributed by atoms with Crippen molar-refractivity contribution in [3.8, 4) is 0 Å².